The molecule has 5 heteroatoms. The second kappa shape index (κ2) is 7.62. The number of fused-ring (bicyclic) bond motifs is 1. The van der Waals surface area contributed by atoms with E-state index in [9.17, 15) is 0 Å². The summed E-state index contributed by atoms with van der Waals surface area (Å²) in [7, 11) is 1.66. The van der Waals surface area contributed by atoms with Crippen LogP contribution in [0.3, 0.4) is 0 Å². The molecule has 1 fully saturated rings. The molecule has 1 aromatic heterocycles. The molecular formula is C21H22N2O3. The van der Waals surface area contributed by atoms with Crippen molar-refractivity contribution in [2.45, 2.75) is 6.42 Å². The summed E-state index contributed by atoms with van der Waals surface area (Å²) in [5, 5.41) is 4.54. The number of nitrogens with one attached hydrogen (secondary N) is 1. The molecule has 26 heavy (non-hydrogen) atoms. The van der Waals surface area contributed by atoms with Gasteiger partial charge in [-0.05, 0) is 18.6 Å². The second-order valence-corrected chi connectivity index (χ2v) is 6.44. The van der Waals surface area contributed by atoms with E-state index in [4.69, 9.17) is 14.2 Å². The molecule has 5 nitrogen and oxygen atoms in total. The first kappa shape index (κ1) is 16.7. The first-order valence-corrected chi connectivity index (χ1v) is 8.82. The Hall–Kier alpha value is -2.79. The SMILES string of the molecule is COc1cc(Nc2ccnc3ccccc23)cc(OCC2CCOC2)c1. The Bertz CT molecular complexity index is 886. The van der Waals surface area contributed by atoms with E-state index < -0.39 is 0 Å². The van der Waals surface area contributed by atoms with Crippen LogP contribution in [0.15, 0.2) is 54.7 Å². The standard InChI is InChI=1S/C21H22N2O3/c1-24-17-10-16(11-18(12-17)26-14-15-7-9-25-13-15)23-21-6-8-22-20-5-3-2-4-19(20)21/h2-6,8,10-12,15H,7,9,13-14H2,1H3,(H,22,23). The molecule has 3 aromatic rings. The second-order valence-electron chi connectivity index (χ2n) is 6.44. The van der Waals surface area contributed by atoms with Crippen LogP contribution in [0.5, 0.6) is 11.5 Å². The molecule has 0 radical (unpaired) electrons. The zero-order chi connectivity index (χ0) is 17.8. The minimum atomic E-state index is 0.460. The highest BCUT2D eigenvalue weighted by molar-refractivity contribution is 5.92. The fourth-order valence-corrected chi connectivity index (χ4v) is 3.13. The Labute approximate surface area is 152 Å². The average Bonchev–Trinajstić information content (AvgIpc) is 3.20. The Morgan fingerprint density at radius 1 is 1.15 bits per heavy atom. The first-order chi connectivity index (χ1) is 12.8. The number of pyridine rings is 1. The molecule has 0 amide bonds. The van der Waals surface area contributed by atoms with Gasteiger partial charge >= 0.3 is 0 Å². The molecule has 1 N–H and O–H groups in total. The van der Waals surface area contributed by atoms with E-state index in [0.717, 1.165) is 53.4 Å². The van der Waals surface area contributed by atoms with Crippen LogP contribution in [0, 0.1) is 5.92 Å². The maximum Gasteiger partial charge on any atom is 0.125 e. The molecule has 1 saturated heterocycles. The highest BCUT2D eigenvalue weighted by atomic mass is 16.5. The van der Waals surface area contributed by atoms with Crippen molar-refractivity contribution in [3.8, 4) is 11.5 Å². The average molecular weight is 350 g/mol. The van der Waals surface area contributed by atoms with Gasteiger partial charge in [-0.1, -0.05) is 18.2 Å². The van der Waals surface area contributed by atoms with E-state index in [0.29, 0.717) is 12.5 Å². The minimum Gasteiger partial charge on any atom is -0.497 e. The fraction of sp³-hybridized carbons (Fsp3) is 0.286. The smallest absolute Gasteiger partial charge is 0.125 e. The Morgan fingerprint density at radius 2 is 2.04 bits per heavy atom. The third-order valence-corrected chi connectivity index (χ3v) is 4.55. The van der Waals surface area contributed by atoms with E-state index in [-0.39, 0.29) is 0 Å². The zero-order valence-electron chi connectivity index (χ0n) is 14.8. The number of para-hydroxylation sites is 1. The summed E-state index contributed by atoms with van der Waals surface area (Å²) in [5.41, 5.74) is 2.87. The summed E-state index contributed by atoms with van der Waals surface area (Å²) in [6.07, 6.45) is 2.86. The lowest BCUT2D eigenvalue weighted by Gasteiger charge is -2.15. The molecule has 4 rings (SSSR count). The van der Waals surface area contributed by atoms with Crippen molar-refractivity contribution < 1.29 is 14.2 Å². The molecular weight excluding hydrogens is 328 g/mol. The van der Waals surface area contributed by atoms with Crippen molar-refractivity contribution in [1.82, 2.24) is 4.98 Å². The molecule has 2 aromatic carbocycles. The lowest BCUT2D eigenvalue weighted by molar-refractivity contribution is 0.167. The number of methoxy groups -OCH3 is 1. The number of hydrogen-bond donors (Lipinski definition) is 1. The largest absolute Gasteiger partial charge is 0.497 e. The van der Waals surface area contributed by atoms with Crippen LogP contribution >= 0.6 is 0 Å². The van der Waals surface area contributed by atoms with Gasteiger partial charge in [0, 0.05) is 53.7 Å². The number of ether oxygens (including phenoxy) is 3. The van der Waals surface area contributed by atoms with Gasteiger partial charge in [0.15, 0.2) is 0 Å². The third kappa shape index (κ3) is 3.73. The molecule has 1 unspecified atom stereocenters. The van der Waals surface area contributed by atoms with Crippen molar-refractivity contribution in [1.29, 1.82) is 0 Å². The molecule has 1 aliphatic rings. The van der Waals surface area contributed by atoms with Crippen LogP contribution in [0.25, 0.3) is 10.9 Å². The highest BCUT2D eigenvalue weighted by Crippen LogP contribution is 2.31. The van der Waals surface area contributed by atoms with Crippen molar-refractivity contribution in [3.63, 3.8) is 0 Å². The normalized spacial score (nSPS) is 16.6. The van der Waals surface area contributed by atoms with Crippen molar-refractivity contribution in [2.24, 2.45) is 5.92 Å². The van der Waals surface area contributed by atoms with Gasteiger partial charge in [0.1, 0.15) is 11.5 Å². The topological polar surface area (TPSA) is 52.6 Å². The van der Waals surface area contributed by atoms with Crippen LogP contribution in [-0.2, 0) is 4.74 Å². The number of anilines is 2. The van der Waals surface area contributed by atoms with Crippen LogP contribution in [0.2, 0.25) is 0 Å². The molecule has 0 aliphatic carbocycles. The summed E-state index contributed by atoms with van der Waals surface area (Å²) in [6, 6.07) is 15.9. The van der Waals surface area contributed by atoms with Gasteiger partial charge in [-0.2, -0.15) is 0 Å². The fourth-order valence-electron chi connectivity index (χ4n) is 3.13. The van der Waals surface area contributed by atoms with Gasteiger partial charge in [0.2, 0.25) is 0 Å². The first-order valence-electron chi connectivity index (χ1n) is 8.82. The van der Waals surface area contributed by atoms with Gasteiger partial charge in [-0.3, -0.25) is 4.98 Å². The maximum atomic E-state index is 5.99. The predicted molar refractivity (Wildman–Crippen MR) is 102 cm³/mol. The van der Waals surface area contributed by atoms with Gasteiger partial charge in [0.05, 0.1) is 25.8 Å². The Balaban J connectivity index is 1.57. The number of benzene rings is 2. The maximum absolute atomic E-state index is 5.99. The molecule has 0 spiro atoms. The van der Waals surface area contributed by atoms with Gasteiger partial charge < -0.3 is 19.5 Å². The molecule has 2 heterocycles. The molecule has 134 valence electrons. The third-order valence-electron chi connectivity index (χ3n) is 4.55. The lowest BCUT2D eigenvalue weighted by Crippen LogP contribution is -2.11. The number of aromatic nitrogens is 1. The van der Waals surface area contributed by atoms with Crippen LogP contribution in [0.4, 0.5) is 11.4 Å². The predicted octanol–water partition coefficient (Wildman–Crippen LogP) is 4.40. The van der Waals surface area contributed by atoms with Crippen LogP contribution < -0.4 is 14.8 Å². The zero-order valence-corrected chi connectivity index (χ0v) is 14.8. The van der Waals surface area contributed by atoms with Crippen LogP contribution in [0.1, 0.15) is 6.42 Å². The molecule has 0 bridgehead atoms. The number of rotatable bonds is 6. The van der Waals surface area contributed by atoms with Gasteiger partial charge in [-0.25, -0.2) is 0 Å². The van der Waals surface area contributed by atoms with Gasteiger partial charge in [0.25, 0.3) is 0 Å². The Morgan fingerprint density at radius 3 is 2.88 bits per heavy atom. The van der Waals surface area contributed by atoms with E-state index in [2.05, 4.69) is 16.4 Å². The van der Waals surface area contributed by atoms with E-state index in [1.165, 1.54) is 0 Å². The highest BCUT2D eigenvalue weighted by Gasteiger charge is 2.16. The van der Waals surface area contributed by atoms with E-state index >= 15 is 0 Å². The number of hydrogen-bond acceptors (Lipinski definition) is 5. The molecule has 1 atom stereocenters. The summed E-state index contributed by atoms with van der Waals surface area (Å²) in [6.45, 7) is 2.26. The van der Waals surface area contributed by atoms with E-state index in [1.54, 1.807) is 7.11 Å². The summed E-state index contributed by atoms with van der Waals surface area (Å²) in [4.78, 5) is 4.41. The molecule has 1 aliphatic heterocycles. The Kier molecular flexibility index (Phi) is 4.88. The number of nitrogens with zero attached hydrogens (tertiary/aromatic N) is 1. The monoisotopic (exact) mass is 350 g/mol. The van der Waals surface area contributed by atoms with Crippen molar-refractivity contribution in [2.75, 3.05) is 32.2 Å². The summed E-state index contributed by atoms with van der Waals surface area (Å²) >= 11 is 0. The van der Waals surface area contributed by atoms with Crippen molar-refractivity contribution >= 4 is 22.3 Å². The van der Waals surface area contributed by atoms with Crippen molar-refractivity contribution in [3.05, 3.63) is 54.7 Å². The minimum absolute atomic E-state index is 0.460. The van der Waals surface area contributed by atoms with Crippen LogP contribution in [-0.4, -0.2) is 31.9 Å². The van der Waals surface area contributed by atoms with E-state index in [1.807, 2.05) is 48.7 Å². The lowest BCUT2D eigenvalue weighted by atomic mass is 10.1. The molecule has 0 saturated carbocycles. The quantitative estimate of drug-likeness (QED) is 0.714. The summed E-state index contributed by atoms with van der Waals surface area (Å²) in [5.74, 6) is 2.00. The summed E-state index contributed by atoms with van der Waals surface area (Å²) < 4.78 is 16.8. The van der Waals surface area contributed by atoms with Gasteiger partial charge in [-0.15, -0.1) is 0 Å².